The number of aromatic nitrogens is 2. The van der Waals surface area contributed by atoms with Crippen molar-refractivity contribution in [3.63, 3.8) is 0 Å². The predicted molar refractivity (Wildman–Crippen MR) is 107 cm³/mol. The summed E-state index contributed by atoms with van der Waals surface area (Å²) in [6.45, 7) is 9.51. The molecule has 0 bridgehead atoms. The van der Waals surface area contributed by atoms with Crippen LogP contribution in [0.5, 0.6) is 0 Å². The molecule has 1 aromatic heterocycles. The van der Waals surface area contributed by atoms with E-state index in [1.165, 1.54) is 0 Å². The first-order valence-corrected chi connectivity index (χ1v) is 9.85. The summed E-state index contributed by atoms with van der Waals surface area (Å²) in [5, 5.41) is 2.95. The van der Waals surface area contributed by atoms with Gasteiger partial charge in [-0.1, -0.05) is 19.1 Å². The Hall–Kier alpha value is -2.25. The van der Waals surface area contributed by atoms with Gasteiger partial charge in [-0.15, -0.1) is 0 Å². The number of nitrogens with zero attached hydrogens (tertiary/aromatic N) is 3. The molecule has 27 heavy (non-hydrogen) atoms. The van der Waals surface area contributed by atoms with Crippen LogP contribution >= 0.6 is 0 Å². The van der Waals surface area contributed by atoms with Crippen LogP contribution in [0.3, 0.4) is 0 Å². The van der Waals surface area contributed by atoms with E-state index in [-0.39, 0.29) is 17.9 Å². The van der Waals surface area contributed by atoms with E-state index in [2.05, 4.69) is 32.0 Å². The standard InChI is InChI=1S/C20H29N5O2/c1-2-24-12-14-25(15-13-24)11-5-10-21-19(26)9-8-18-20(27)23-17-7-4-3-6-16(17)22-18/h3-4,6-7H,2,5,8-15H2,1H3,(H,21,26)(H,23,27). The molecule has 1 amide bonds. The largest absolute Gasteiger partial charge is 0.356 e. The zero-order valence-corrected chi connectivity index (χ0v) is 16.0. The van der Waals surface area contributed by atoms with Gasteiger partial charge in [-0.3, -0.25) is 9.59 Å². The molecule has 0 radical (unpaired) electrons. The number of nitrogens with one attached hydrogen (secondary N) is 2. The second-order valence-electron chi connectivity index (χ2n) is 7.01. The van der Waals surface area contributed by atoms with Crippen molar-refractivity contribution in [2.45, 2.75) is 26.2 Å². The Balaban J connectivity index is 1.36. The second kappa shape index (κ2) is 9.62. The van der Waals surface area contributed by atoms with Gasteiger partial charge in [-0.05, 0) is 31.6 Å². The van der Waals surface area contributed by atoms with Crippen LogP contribution in [0.15, 0.2) is 29.1 Å². The van der Waals surface area contributed by atoms with Crippen molar-refractivity contribution in [1.82, 2.24) is 25.1 Å². The Morgan fingerprint density at radius 3 is 2.70 bits per heavy atom. The van der Waals surface area contributed by atoms with E-state index in [0.717, 1.165) is 56.7 Å². The molecule has 0 saturated carbocycles. The van der Waals surface area contributed by atoms with Crippen LogP contribution in [0.4, 0.5) is 0 Å². The van der Waals surface area contributed by atoms with E-state index in [9.17, 15) is 9.59 Å². The number of hydrogen-bond donors (Lipinski definition) is 2. The molecule has 1 aliphatic heterocycles. The fourth-order valence-electron chi connectivity index (χ4n) is 3.42. The number of piperazine rings is 1. The van der Waals surface area contributed by atoms with E-state index < -0.39 is 0 Å². The molecule has 0 atom stereocenters. The van der Waals surface area contributed by atoms with Gasteiger partial charge in [0.15, 0.2) is 0 Å². The minimum Gasteiger partial charge on any atom is -0.356 e. The average molecular weight is 371 g/mol. The SMILES string of the molecule is CCN1CCN(CCCNC(=O)CCc2nc3ccccc3[nH]c2=O)CC1. The fraction of sp³-hybridized carbons (Fsp3) is 0.550. The van der Waals surface area contributed by atoms with E-state index in [0.29, 0.717) is 18.7 Å². The number of aromatic amines is 1. The van der Waals surface area contributed by atoms with Gasteiger partial charge in [0.2, 0.25) is 5.91 Å². The lowest BCUT2D eigenvalue weighted by molar-refractivity contribution is -0.121. The van der Waals surface area contributed by atoms with Gasteiger partial charge < -0.3 is 20.1 Å². The number of aryl methyl sites for hydroxylation is 1. The molecule has 7 nitrogen and oxygen atoms in total. The fourth-order valence-corrected chi connectivity index (χ4v) is 3.42. The number of carbonyl (C=O) groups excluding carboxylic acids is 1. The highest BCUT2D eigenvalue weighted by Gasteiger charge is 2.14. The monoisotopic (exact) mass is 371 g/mol. The zero-order valence-electron chi connectivity index (χ0n) is 16.0. The lowest BCUT2D eigenvalue weighted by Crippen LogP contribution is -2.46. The zero-order chi connectivity index (χ0) is 19.1. The third-order valence-electron chi connectivity index (χ3n) is 5.14. The van der Waals surface area contributed by atoms with Crippen LogP contribution in [-0.2, 0) is 11.2 Å². The van der Waals surface area contributed by atoms with Crippen LogP contribution < -0.4 is 10.9 Å². The number of fused-ring (bicyclic) bond motifs is 1. The van der Waals surface area contributed by atoms with Gasteiger partial charge >= 0.3 is 0 Å². The second-order valence-corrected chi connectivity index (χ2v) is 7.01. The minimum atomic E-state index is -0.215. The predicted octanol–water partition coefficient (Wildman–Crippen LogP) is 1.000. The number of amides is 1. The number of likely N-dealkylation sites (N-methyl/N-ethyl adjacent to an activating group) is 1. The molecule has 0 aliphatic carbocycles. The number of hydrogen-bond acceptors (Lipinski definition) is 5. The maximum atomic E-state index is 12.1. The van der Waals surface area contributed by atoms with Crippen LogP contribution in [0.25, 0.3) is 11.0 Å². The summed E-state index contributed by atoms with van der Waals surface area (Å²) in [5.41, 5.74) is 1.66. The Bertz CT molecular complexity index is 811. The molecule has 0 spiro atoms. The number of benzene rings is 1. The Morgan fingerprint density at radius 1 is 1.19 bits per heavy atom. The molecule has 2 aromatic rings. The van der Waals surface area contributed by atoms with Crippen LogP contribution in [-0.4, -0.2) is 71.5 Å². The molecule has 1 saturated heterocycles. The minimum absolute atomic E-state index is 0.0276. The van der Waals surface area contributed by atoms with E-state index in [1.807, 2.05) is 24.3 Å². The van der Waals surface area contributed by atoms with Gasteiger partial charge in [-0.2, -0.15) is 0 Å². The van der Waals surface area contributed by atoms with Crippen molar-refractivity contribution >= 4 is 16.9 Å². The van der Waals surface area contributed by atoms with E-state index >= 15 is 0 Å². The molecular formula is C20H29N5O2. The van der Waals surface area contributed by atoms with Crippen molar-refractivity contribution in [2.75, 3.05) is 45.8 Å². The van der Waals surface area contributed by atoms with E-state index in [1.54, 1.807) is 0 Å². The molecule has 0 unspecified atom stereocenters. The normalized spacial score (nSPS) is 15.9. The lowest BCUT2D eigenvalue weighted by atomic mass is 10.2. The summed E-state index contributed by atoms with van der Waals surface area (Å²) in [4.78, 5) is 36.2. The van der Waals surface area contributed by atoms with Crippen molar-refractivity contribution in [3.8, 4) is 0 Å². The number of para-hydroxylation sites is 2. The van der Waals surface area contributed by atoms with Crippen molar-refractivity contribution in [3.05, 3.63) is 40.3 Å². The number of rotatable bonds is 8. The molecule has 1 aliphatic rings. The molecular weight excluding hydrogens is 342 g/mol. The smallest absolute Gasteiger partial charge is 0.270 e. The molecule has 1 fully saturated rings. The van der Waals surface area contributed by atoms with Gasteiger partial charge in [0.05, 0.1) is 11.0 Å². The molecule has 3 rings (SSSR count). The third-order valence-corrected chi connectivity index (χ3v) is 5.14. The highest BCUT2D eigenvalue weighted by molar-refractivity contribution is 5.76. The number of carbonyl (C=O) groups is 1. The summed E-state index contributed by atoms with van der Waals surface area (Å²) < 4.78 is 0. The van der Waals surface area contributed by atoms with Gasteiger partial charge in [0.25, 0.3) is 5.56 Å². The number of H-pyrrole nitrogens is 1. The van der Waals surface area contributed by atoms with Crippen molar-refractivity contribution < 1.29 is 4.79 Å². The molecule has 146 valence electrons. The highest BCUT2D eigenvalue weighted by atomic mass is 16.1. The van der Waals surface area contributed by atoms with Gasteiger partial charge in [0.1, 0.15) is 5.69 Å². The van der Waals surface area contributed by atoms with Gasteiger partial charge in [0, 0.05) is 45.6 Å². The van der Waals surface area contributed by atoms with Crippen molar-refractivity contribution in [2.24, 2.45) is 0 Å². The maximum absolute atomic E-state index is 12.1. The first kappa shape index (κ1) is 19.5. The molecule has 2 heterocycles. The molecule has 2 N–H and O–H groups in total. The Kier molecular flexibility index (Phi) is 6.95. The summed E-state index contributed by atoms with van der Waals surface area (Å²) >= 11 is 0. The Labute approximate surface area is 159 Å². The van der Waals surface area contributed by atoms with E-state index in [4.69, 9.17) is 0 Å². The van der Waals surface area contributed by atoms with Crippen LogP contribution in [0, 0.1) is 0 Å². The lowest BCUT2D eigenvalue weighted by Gasteiger charge is -2.33. The third kappa shape index (κ3) is 5.61. The topological polar surface area (TPSA) is 81.3 Å². The first-order chi connectivity index (χ1) is 13.2. The van der Waals surface area contributed by atoms with Crippen LogP contribution in [0.1, 0.15) is 25.5 Å². The summed E-state index contributed by atoms with van der Waals surface area (Å²) in [6.07, 6.45) is 1.58. The molecule has 1 aromatic carbocycles. The van der Waals surface area contributed by atoms with Gasteiger partial charge in [-0.25, -0.2) is 4.98 Å². The first-order valence-electron chi connectivity index (χ1n) is 9.85. The summed E-state index contributed by atoms with van der Waals surface area (Å²) in [7, 11) is 0. The van der Waals surface area contributed by atoms with Crippen molar-refractivity contribution in [1.29, 1.82) is 0 Å². The maximum Gasteiger partial charge on any atom is 0.270 e. The quantitative estimate of drug-likeness (QED) is 0.677. The summed E-state index contributed by atoms with van der Waals surface area (Å²) in [6, 6.07) is 7.42. The van der Waals surface area contributed by atoms with Crippen LogP contribution in [0.2, 0.25) is 0 Å². The summed E-state index contributed by atoms with van der Waals surface area (Å²) in [5.74, 6) is -0.0276. The molecule has 7 heteroatoms. The average Bonchev–Trinajstić information content (AvgIpc) is 2.70. The Morgan fingerprint density at radius 2 is 1.93 bits per heavy atom. The highest BCUT2D eigenvalue weighted by Crippen LogP contribution is 2.07.